The highest BCUT2D eigenvalue weighted by molar-refractivity contribution is 8.76. The molecule has 1 atom stereocenters. The third-order valence-electron chi connectivity index (χ3n) is 2.99. The zero-order chi connectivity index (χ0) is 14.9. The first-order valence-electron chi connectivity index (χ1n) is 7.45. The van der Waals surface area contributed by atoms with Crippen molar-refractivity contribution in [2.75, 3.05) is 45.9 Å². The van der Waals surface area contributed by atoms with Crippen molar-refractivity contribution in [1.29, 1.82) is 0 Å². The molecule has 0 aromatic heterocycles. The molecule has 1 unspecified atom stereocenters. The lowest BCUT2D eigenvalue weighted by Gasteiger charge is -2.18. The Balaban J connectivity index is 0. The molecular formula is C15H35NOS2. The Hall–Kier alpha value is 0.620. The van der Waals surface area contributed by atoms with Crippen LogP contribution in [0.3, 0.4) is 0 Å². The summed E-state index contributed by atoms with van der Waals surface area (Å²) in [6, 6.07) is 0. The van der Waals surface area contributed by atoms with Crippen LogP contribution in [0.4, 0.5) is 0 Å². The Morgan fingerprint density at radius 1 is 1.11 bits per heavy atom. The molecule has 0 aliphatic rings. The number of methoxy groups -OCH3 is 1. The zero-order valence-electron chi connectivity index (χ0n) is 13.9. The molecule has 0 spiro atoms. The van der Waals surface area contributed by atoms with Crippen molar-refractivity contribution in [3.05, 3.63) is 0 Å². The number of nitrogens with zero attached hydrogens (tertiary/aromatic N) is 1. The molecular weight excluding hydrogens is 274 g/mol. The van der Waals surface area contributed by atoms with Gasteiger partial charge in [0.1, 0.15) is 0 Å². The summed E-state index contributed by atoms with van der Waals surface area (Å²) >= 11 is 0. The van der Waals surface area contributed by atoms with Crippen LogP contribution in [0.25, 0.3) is 0 Å². The Morgan fingerprint density at radius 3 is 2.21 bits per heavy atom. The van der Waals surface area contributed by atoms with Gasteiger partial charge >= 0.3 is 0 Å². The van der Waals surface area contributed by atoms with Crippen molar-refractivity contribution < 1.29 is 4.74 Å². The van der Waals surface area contributed by atoms with Crippen LogP contribution in [0.5, 0.6) is 0 Å². The third-order valence-corrected chi connectivity index (χ3v) is 4.78. The molecule has 4 heteroatoms. The highest BCUT2D eigenvalue weighted by Crippen LogP contribution is 2.16. The first-order chi connectivity index (χ1) is 9.12. The molecule has 2 nitrogen and oxygen atoms in total. The van der Waals surface area contributed by atoms with Crippen molar-refractivity contribution in [3.8, 4) is 0 Å². The van der Waals surface area contributed by atoms with E-state index < -0.39 is 0 Å². The van der Waals surface area contributed by atoms with Crippen molar-refractivity contribution in [1.82, 2.24) is 4.90 Å². The van der Waals surface area contributed by atoms with E-state index in [4.69, 9.17) is 4.74 Å². The molecule has 0 aromatic carbocycles. The average molecular weight is 310 g/mol. The monoisotopic (exact) mass is 309 g/mol. The minimum atomic E-state index is 0.778. The molecule has 0 fully saturated rings. The third kappa shape index (κ3) is 21.1. The maximum absolute atomic E-state index is 5.08. The van der Waals surface area contributed by atoms with Gasteiger partial charge < -0.3 is 9.64 Å². The predicted octanol–water partition coefficient (Wildman–Crippen LogP) is 4.80. The zero-order valence-corrected chi connectivity index (χ0v) is 15.5. The highest BCUT2D eigenvalue weighted by atomic mass is 33.1. The summed E-state index contributed by atoms with van der Waals surface area (Å²) in [6.07, 6.45) is 7.24. The van der Waals surface area contributed by atoms with E-state index in [2.05, 4.69) is 39.0 Å². The quantitative estimate of drug-likeness (QED) is 0.401. The normalized spacial score (nSPS) is 12.2. The highest BCUT2D eigenvalue weighted by Gasteiger charge is 2.04. The molecule has 0 radical (unpaired) electrons. The second kappa shape index (κ2) is 18.6. The molecule has 0 aliphatic carbocycles. The smallest absolute Gasteiger partial charge is 0.0464 e. The van der Waals surface area contributed by atoms with E-state index in [-0.39, 0.29) is 0 Å². The number of hydrogen-bond acceptors (Lipinski definition) is 4. The van der Waals surface area contributed by atoms with Gasteiger partial charge in [-0.15, -0.1) is 0 Å². The SMILES string of the molecule is CCCC.COCCC(C)CCN(C)CCSSC. The molecule has 0 heterocycles. The summed E-state index contributed by atoms with van der Waals surface area (Å²) in [5.74, 6) is 2.00. The topological polar surface area (TPSA) is 12.5 Å². The van der Waals surface area contributed by atoms with Crippen LogP contribution < -0.4 is 0 Å². The van der Waals surface area contributed by atoms with Crippen LogP contribution in [0.2, 0.25) is 0 Å². The number of unbranched alkanes of at least 4 members (excludes halogenated alkanes) is 1. The Bertz CT molecular complexity index is 157. The average Bonchev–Trinajstić information content (AvgIpc) is 2.43. The van der Waals surface area contributed by atoms with E-state index in [0.717, 1.165) is 12.5 Å². The molecule has 0 saturated heterocycles. The minimum absolute atomic E-state index is 0.778. The van der Waals surface area contributed by atoms with Gasteiger partial charge in [0.2, 0.25) is 0 Å². The van der Waals surface area contributed by atoms with Gasteiger partial charge in [-0.1, -0.05) is 55.2 Å². The van der Waals surface area contributed by atoms with E-state index in [1.165, 1.54) is 44.5 Å². The van der Waals surface area contributed by atoms with Gasteiger partial charge in [-0.05, 0) is 38.6 Å². The van der Waals surface area contributed by atoms with Crippen LogP contribution in [0.15, 0.2) is 0 Å². The lowest BCUT2D eigenvalue weighted by molar-refractivity contribution is 0.175. The van der Waals surface area contributed by atoms with Crippen molar-refractivity contribution in [2.45, 2.75) is 46.5 Å². The fraction of sp³-hybridized carbons (Fsp3) is 1.00. The van der Waals surface area contributed by atoms with Gasteiger partial charge in [0.05, 0.1) is 0 Å². The summed E-state index contributed by atoms with van der Waals surface area (Å²) in [5, 5.41) is 0. The van der Waals surface area contributed by atoms with Crippen molar-refractivity contribution in [3.63, 3.8) is 0 Å². The van der Waals surface area contributed by atoms with E-state index >= 15 is 0 Å². The summed E-state index contributed by atoms with van der Waals surface area (Å²) < 4.78 is 5.08. The Kier molecular flexibility index (Phi) is 21.5. The van der Waals surface area contributed by atoms with Gasteiger partial charge in [0.15, 0.2) is 0 Å². The number of hydrogen-bond donors (Lipinski definition) is 0. The molecule has 0 bridgehead atoms. The van der Waals surface area contributed by atoms with Crippen LogP contribution in [0.1, 0.15) is 46.5 Å². The fourth-order valence-corrected chi connectivity index (χ4v) is 2.57. The Labute approximate surface area is 129 Å². The lowest BCUT2D eigenvalue weighted by Crippen LogP contribution is -2.23. The maximum atomic E-state index is 5.08. The standard InChI is InChI=1S/C11H25NOS2.C4H10/c1-11(6-9-13-3)5-7-12(2)8-10-15-14-4;1-3-4-2/h11H,5-10H2,1-4H3;3-4H2,1-2H3. The molecule has 0 N–H and O–H groups in total. The second-order valence-electron chi connectivity index (χ2n) is 4.97. The minimum Gasteiger partial charge on any atom is -0.385 e. The Morgan fingerprint density at radius 2 is 1.74 bits per heavy atom. The van der Waals surface area contributed by atoms with E-state index in [1.54, 1.807) is 7.11 Å². The summed E-state index contributed by atoms with van der Waals surface area (Å²) in [5.41, 5.74) is 0. The summed E-state index contributed by atoms with van der Waals surface area (Å²) in [6.45, 7) is 9.97. The summed E-state index contributed by atoms with van der Waals surface area (Å²) in [4.78, 5) is 2.42. The first kappa shape index (κ1) is 21.9. The van der Waals surface area contributed by atoms with Gasteiger partial charge in [-0.25, -0.2) is 0 Å². The molecule has 0 aliphatic heterocycles. The van der Waals surface area contributed by atoms with Crippen LogP contribution in [0, 0.1) is 5.92 Å². The van der Waals surface area contributed by atoms with Gasteiger partial charge in [0, 0.05) is 26.0 Å². The number of rotatable bonds is 11. The van der Waals surface area contributed by atoms with Gasteiger partial charge in [0.25, 0.3) is 0 Å². The van der Waals surface area contributed by atoms with E-state index in [9.17, 15) is 0 Å². The molecule has 0 amide bonds. The van der Waals surface area contributed by atoms with Crippen LogP contribution in [-0.2, 0) is 4.74 Å². The molecule has 19 heavy (non-hydrogen) atoms. The molecule has 0 aromatic rings. The molecule has 0 saturated carbocycles. The van der Waals surface area contributed by atoms with Crippen LogP contribution >= 0.6 is 21.6 Å². The van der Waals surface area contributed by atoms with Crippen LogP contribution in [-0.4, -0.2) is 50.8 Å². The summed E-state index contributed by atoms with van der Waals surface area (Å²) in [7, 11) is 7.78. The fourth-order valence-electron chi connectivity index (χ4n) is 1.29. The van der Waals surface area contributed by atoms with Gasteiger partial charge in [-0.3, -0.25) is 0 Å². The predicted molar refractivity (Wildman–Crippen MR) is 94.3 cm³/mol. The molecule has 0 rings (SSSR count). The van der Waals surface area contributed by atoms with Gasteiger partial charge in [-0.2, -0.15) is 0 Å². The number of ether oxygens (including phenoxy) is 1. The van der Waals surface area contributed by atoms with E-state index in [1.807, 2.05) is 21.6 Å². The van der Waals surface area contributed by atoms with E-state index in [0.29, 0.717) is 0 Å². The lowest BCUT2D eigenvalue weighted by atomic mass is 10.0. The largest absolute Gasteiger partial charge is 0.385 e. The van der Waals surface area contributed by atoms with Crippen molar-refractivity contribution in [2.24, 2.45) is 5.92 Å². The van der Waals surface area contributed by atoms with Crippen molar-refractivity contribution >= 4 is 21.6 Å². The first-order valence-corrected chi connectivity index (χ1v) is 10.2. The second-order valence-corrected chi connectivity index (χ2v) is 7.65. The maximum Gasteiger partial charge on any atom is 0.0464 e. The molecule has 118 valence electrons.